The summed E-state index contributed by atoms with van der Waals surface area (Å²) in [6.45, 7) is 1.25. The van der Waals surface area contributed by atoms with Crippen LogP contribution in [0.3, 0.4) is 0 Å². The van der Waals surface area contributed by atoms with E-state index in [1.165, 1.54) is 6.07 Å². The van der Waals surface area contributed by atoms with Crippen LogP contribution in [0.15, 0.2) is 42.6 Å². The number of pyridine rings is 1. The fraction of sp³-hybridized carbons (Fsp3) is 0.368. The number of aliphatic hydroxyl groups is 1. The van der Waals surface area contributed by atoms with Gasteiger partial charge in [-0.15, -0.1) is 0 Å². The van der Waals surface area contributed by atoms with Crippen LogP contribution in [0.25, 0.3) is 0 Å². The third-order valence-corrected chi connectivity index (χ3v) is 5.00. The summed E-state index contributed by atoms with van der Waals surface area (Å²) in [5.74, 6) is 0.164. The average Bonchev–Trinajstić information content (AvgIpc) is 2.65. The number of halogens is 1. The summed E-state index contributed by atoms with van der Waals surface area (Å²) in [6.07, 6.45) is 2.85. The molecule has 6 heteroatoms. The van der Waals surface area contributed by atoms with Crippen molar-refractivity contribution in [1.82, 2.24) is 9.88 Å². The van der Waals surface area contributed by atoms with Gasteiger partial charge in [0.15, 0.2) is 0 Å². The van der Waals surface area contributed by atoms with Gasteiger partial charge in [0.05, 0.1) is 23.2 Å². The third-order valence-electron chi connectivity index (χ3n) is 4.70. The second kappa shape index (κ2) is 7.85. The number of nitrogens with zero attached hydrogens (tertiary/aromatic N) is 2. The molecule has 0 aliphatic carbocycles. The Kier molecular flexibility index (Phi) is 5.56. The van der Waals surface area contributed by atoms with Gasteiger partial charge in [0.2, 0.25) is 5.91 Å². The van der Waals surface area contributed by atoms with E-state index in [-0.39, 0.29) is 29.0 Å². The number of hydrogen-bond acceptors (Lipinski definition) is 4. The number of rotatable bonds is 4. The van der Waals surface area contributed by atoms with Crippen LogP contribution in [0.2, 0.25) is 5.02 Å². The minimum Gasteiger partial charge on any atom is -0.506 e. The number of aromatic hydroxyl groups is 1. The molecule has 1 aliphatic heterocycles. The normalized spacial score (nSPS) is 16.6. The largest absolute Gasteiger partial charge is 0.506 e. The first-order valence-corrected chi connectivity index (χ1v) is 8.76. The lowest BCUT2D eigenvalue weighted by atomic mass is 9.89. The van der Waals surface area contributed by atoms with Gasteiger partial charge in [-0.05, 0) is 48.6 Å². The molecule has 1 atom stereocenters. The van der Waals surface area contributed by atoms with Crippen molar-refractivity contribution in [1.29, 1.82) is 0 Å². The Balaban J connectivity index is 1.54. The molecule has 0 unspecified atom stereocenters. The molecule has 3 rings (SSSR count). The summed E-state index contributed by atoms with van der Waals surface area (Å²) < 4.78 is 0. The van der Waals surface area contributed by atoms with Crippen molar-refractivity contribution in [3.8, 4) is 5.75 Å². The molecule has 0 spiro atoms. The quantitative estimate of drug-likeness (QED) is 0.879. The number of amides is 1. The summed E-state index contributed by atoms with van der Waals surface area (Å²) in [5, 5.41) is 20.2. The van der Waals surface area contributed by atoms with Gasteiger partial charge in [0, 0.05) is 19.3 Å². The van der Waals surface area contributed by atoms with Crippen LogP contribution in [-0.4, -0.2) is 39.1 Å². The zero-order chi connectivity index (χ0) is 17.8. The van der Waals surface area contributed by atoms with Crippen LogP contribution in [0.5, 0.6) is 5.75 Å². The number of piperidine rings is 1. The zero-order valence-corrected chi connectivity index (χ0v) is 14.6. The van der Waals surface area contributed by atoms with Crippen molar-refractivity contribution in [2.24, 2.45) is 5.92 Å². The molecule has 1 amide bonds. The standard InChI is InChI=1S/C19H21ClN2O3/c20-15-11-13(4-5-17(15)23)12-18(24)22-9-6-14(7-10-22)19(25)16-3-1-2-8-21-16/h1-5,8,11,14,19,23,25H,6-7,9-10,12H2/t19-/m0/s1. The van der Waals surface area contributed by atoms with Crippen LogP contribution < -0.4 is 0 Å². The van der Waals surface area contributed by atoms with Gasteiger partial charge in [0.1, 0.15) is 5.75 Å². The first-order valence-electron chi connectivity index (χ1n) is 8.39. The molecule has 1 saturated heterocycles. The number of carbonyl (C=O) groups excluding carboxylic acids is 1. The number of aromatic nitrogens is 1. The summed E-state index contributed by atoms with van der Waals surface area (Å²) in [4.78, 5) is 18.5. The van der Waals surface area contributed by atoms with Gasteiger partial charge in [-0.2, -0.15) is 0 Å². The minimum absolute atomic E-state index is 0.0159. The van der Waals surface area contributed by atoms with Crippen molar-refractivity contribution in [3.05, 3.63) is 58.9 Å². The molecule has 25 heavy (non-hydrogen) atoms. The molecule has 2 aromatic rings. The summed E-state index contributed by atoms with van der Waals surface area (Å²) in [5.41, 5.74) is 1.47. The van der Waals surface area contributed by atoms with Crippen LogP contribution in [0, 0.1) is 5.92 Å². The Bertz CT molecular complexity index is 731. The van der Waals surface area contributed by atoms with Gasteiger partial charge in [-0.1, -0.05) is 23.7 Å². The first-order chi connectivity index (χ1) is 12.0. The highest BCUT2D eigenvalue weighted by molar-refractivity contribution is 6.32. The topological polar surface area (TPSA) is 73.7 Å². The highest BCUT2D eigenvalue weighted by Gasteiger charge is 2.28. The molecule has 5 nitrogen and oxygen atoms in total. The second-order valence-electron chi connectivity index (χ2n) is 6.38. The maximum Gasteiger partial charge on any atom is 0.226 e. The predicted molar refractivity (Wildman–Crippen MR) is 95.3 cm³/mol. The van der Waals surface area contributed by atoms with Crippen LogP contribution >= 0.6 is 11.6 Å². The van der Waals surface area contributed by atoms with E-state index in [2.05, 4.69) is 4.98 Å². The number of phenolic OH excluding ortho intramolecular Hbond substituents is 1. The van der Waals surface area contributed by atoms with E-state index in [4.69, 9.17) is 11.6 Å². The van der Waals surface area contributed by atoms with Crippen molar-refractivity contribution in [3.63, 3.8) is 0 Å². The maximum atomic E-state index is 12.5. The number of benzene rings is 1. The van der Waals surface area contributed by atoms with Crippen molar-refractivity contribution in [2.75, 3.05) is 13.1 Å². The van der Waals surface area contributed by atoms with Crippen molar-refractivity contribution >= 4 is 17.5 Å². The first kappa shape index (κ1) is 17.7. The number of carbonyl (C=O) groups is 1. The highest BCUT2D eigenvalue weighted by Crippen LogP contribution is 2.30. The lowest BCUT2D eigenvalue weighted by molar-refractivity contribution is -0.132. The third kappa shape index (κ3) is 4.30. The Hall–Kier alpha value is -2.11. The van der Waals surface area contributed by atoms with Gasteiger partial charge in [-0.3, -0.25) is 9.78 Å². The molecular formula is C19H21ClN2O3. The van der Waals surface area contributed by atoms with E-state index in [0.29, 0.717) is 18.8 Å². The van der Waals surface area contributed by atoms with E-state index >= 15 is 0 Å². The molecule has 1 aromatic carbocycles. The van der Waals surface area contributed by atoms with Crippen LogP contribution in [-0.2, 0) is 11.2 Å². The SMILES string of the molecule is O=C(Cc1ccc(O)c(Cl)c1)N1CCC([C@H](O)c2ccccn2)CC1. The van der Waals surface area contributed by atoms with E-state index in [0.717, 1.165) is 18.4 Å². The molecule has 0 radical (unpaired) electrons. The molecule has 1 aliphatic rings. The van der Waals surface area contributed by atoms with E-state index < -0.39 is 6.10 Å². The van der Waals surface area contributed by atoms with E-state index in [1.54, 1.807) is 18.3 Å². The average molecular weight is 361 g/mol. The Morgan fingerprint density at radius 1 is 1.28 bits per heavy atom. The molecule has 1 fully saturated rings. The number of hydrogen-bond donors (Lipinski definition) is 2. The molecule has 132 valence electrons. The lowest BCUT2D eigenvalue weighted by Gasteiger charge is -2.34. The van der Waals surface area contributed by atoms with Crippen LogP contribution in [0.1, 0.15) is 30.2 Å². The van der Waals surface area contributed by atoms with E-state index in [1.807, 2.05) is 23.1 Å². The Labute approximate surface area is 151 Å². The fourth-order valence-electron chi connectivity index (χ4n) is 3.20. The van der Waals surface area contributed by atoms with Crippen molar-refractivity contribution in [2.45, 2.75) is 25.4 Å². The number of aliphatic hydroxyl groups excluding tert-OH is 1. The molecule has 2 N–H and O–H groups in total. The molecular weight excluding hydrogens is 340 g/mol. The monoisotopic (exact) mass is 360 g/mol. The van der Waals surface area contributed by atoms with Gasteiger partial charge >= 0.3 is 0 Å². The smallest absolute Gasteiger partial charge is 0.226 e. The molecule has 0 saturated carbocycles. The zero-order valence-electron chi connectivity index (χ0n) is 13.8. The predicted octanol–water partition coefficient (Wildman–Crippen LogP) is 2.96. The fourth-order valence-corrected chi connectivity index (χ4v) is 3.41. The number of phenols is 1. The lowest BCUT2D eigenvalue weighted by Crippen LogP contribution is -2.40. The highest BCUT2D eigenvalue weighted by atomic mass is 35.5. The van der Waals surface area contributed by atoms with Gasteiger partial charge < -0.3 is 15.1 Å². The van der Waals surface area contributed by atoms with E-state index in [9.17, 15) is 15.0 Å². The van der Waals surface area contributed by atoms with Gasteiger partial charge in [0.25, 0.3) is 0 Å². The minimum atomic E-state index is -0.589. The summed E-state index contributed by atoms with van der Waals surface area (Å²) in [6, 6.07) is 10.3. The van der Waals surface area contributed by atoms with Crippen LogP contribution in [0.4, 0.5) is 0 Å². The van der Waals surface area contributed by atoms with Crippen molar-refractivity contribution < 1.29 is 15.0 Å². The molecule has 2 heterocycles. The number of likely N-dealkylation sites (tertiary alicyclic amines) is 1. The summed E-state index contributed by atoms with van der Waals surface area (Å²) >= 11 is 5.89. The Morgan fingerprint density at radius 2 is 2.04 bits per heavy atom. The summed E-state index contributed by atoms with van der Waals surface area (Å²) in [7, 11) is 0. The molecule has 0 bridgehead atoms. The Morgan fingerprint density at radius 3 is 2.68 bits per heavy atom. The second-order valence-corrected chi connectivity index (χ2v) is 6.79. The molecule has 1 aromatic heterocycles. The van der Waals surface area contributed by atoms with Gasteiger partial charge in [-0.25, -0.2) is 0 Å². The maximum absolute atomic E-state index is 12.5.